The smallest absolute Gasteiger partial charge is 1.00 e. The first-order valence-electron chi connectivity index (χ1n) is 0. The van der Waals surface area contributed by atoms with Crippen LogP contribution in [0.25, 0.3) is 0 Å². The van der Waals surface area contributed by atoms with Crippen molar-refractivity contribution in [3.63, 3.8) is 0 Å². The van der Waals surface area contributed by atoms with E-state index in [4.69, 9.17) is 0 Å². The van der Waals surface area contributed by atoms with Gasteiger partial charge in [0.25, 0.3) is 0 Å². The van der Waals surface area contributed by atoms with Crippen LogP contribution >= 0.6 is 0 Å². The van der Waals surface area contributed by atoms with E-state index < -0.39 is 0 Å². The summed E-state index contributed by atoms with van der Waals surface area (Å²) in [5, 5.41) is 0. The zero-order chi connectivity index (χ0) is 0. The van der Waals surface area contributed by atoms with Gasteiger partial charge in [-0.25, -0.2) is 0 Å². The van der Waals surface area contributed by atoms with E-state index in [9.17, 15) is 0 Å². The van der Waals surface area contributed by atoms with Crippen molar-refractivity contribution in [3.05, 3.63) is 0 Å². The van der Waals surface area contributed by atoms with Crippen LogP contribution in [0.2, 0.25) is 0 Å². The molecule has 0 heterocycles. The van der Waals surface area contributed by atoms with Crippen molar-refractivity contribution >= 4 is 23.1 Å². The summed E-state index contributed by atoms with van der Waals surface area (Å²) in [4.78, 5) is 0. The zero-order valence-corrected chi connectivity index (χ0v) is 10.9. The van der Waals surface area contributed by atoms with Gasteiger partial charge >= 0.3 is 23.1 Å². The van der Waals surface area contributed by atoms with Crippen LogP contribution in [0.15, 0.2) is 0 Å². The molecule has 0 nitrogen and oxygen atoms in total. The maximum atomic E-state index is 0. The third kappa shape index (κ3) is 8.82. The monoisotopic (exact) mass is 210 g/mol. The van der Waals surface area contributed by atoms with Crippen LogP contribution in [-0.4, -0.2) is 23.1 Å². The van der Waals surface area contributed by atoms with Gasteiger partial charge in [-0.05, 0) is 0 Å². The standard InChI is InChI=1S/Fe.Mg.2Zn.2H/q;+2;;;2*-1. The van der Waals surface area contributed by atoms with Gasteiger partial charge in [-0.2, -0.15) is 0 Å². The second kappa shape index (κ2) is 17.7. The molecule has 0 aromatic carbocycles. The third-order valence-electron chi connectivity index (χ3n) is 0. The van der Waals surface area contributed by atoms with E-state index in [0.717, 1.165) is 0 Å². The van der Waals surface area contributed by atoms with Crippen LogP contribution in [0.5, 0.6) is 0 Å². The minimum Gasteiger partial charge on any atom is -1.00 e. The Balaban J connectivity index is 0. The molecule has 0 aromatic rings. The van der Waals surface area contributed by atoms with E-state index >= 15 is 0 Å². The van der Waals surface area contributed by atoms with Gasteiger partial charge in [0, 0.05) is 56.0 Å². The maximum Gasteiger partial charge on any atom is 2.00 e. The molecule has 16 valence electrons. The van der Waals surface area contributed by atoms with Gasteiger partial charge in [0.05, 0.1) is 0 Å². The Kier molecular flexibility index (Phi) is 138. The third-order valence-corrected chi connectivity index (χ3v) is 0. The van der Waals surface area contributed by atoms with Crippen LogP contribution in [0.1, 0.15) is 2.85 Å². The topological polar surface area (TPSA) is 0 Å². The first-order valence-corrected chi connectivity index (χ1v) is 0. The van der Waals surface area contributed by atoms with Gasteiger partial charge in [0.2, 0.25) is 0 Å². The van der Waals surface area contributed by atoms with Crippen LogP contribution in [0, 0.1) is 0 Å². The quantitative estimate of drug-likeness (QED) is 0.490. The summed E-state index contributed by atoms with van der Waals surface area (Å²) in [7, 11) is 0. The van der Waals surface area contributed by atoms with Crippen LogP contribution in [0.4, 0.5) is 0 Å². The predicted molar refractivity (Wildman–Crippen MR) is 7.98 cm³/mol. The minimum atomic E-state index is 0. The Morgan fingerprint density at radius 2 is 1.00 bits per heavy atom. The van der Waals surface area contributed by atoms with Crippen molar-refractivity contribution in [2.45, 2.75) is 0 Å². The first-order chi connectivity index (χ1) is 0. The maximum absolute atomic E-state index is 0. The summed E-state index contributed by atoms with van der Waals surface area (Å²) >= 11 is 0. The van der Waals surface area contributed by atoms with E-state index in [1.54, 1.807) is 0 Å². The second-order valence-corrected chi connectivity index (χ2v) is 0. The van der Waals surface area contributed by atoms with Crippen LogP contribution in [-0.2, 0) is 56.0 Å². The Morgan fingerprint density at radius 1 is 1.00 bits per heavy atom. The normalized spacial score (nSPS) is 0. The summed E-state index contributed by atoms with van der Waals surface area (Å²) < 4.78 is 0. The molecule has 0 atom stereocenters. The Labute approximate surface area is 81.0 Å². The van der Waals surface area contributed by atoms with Crippen molar-refractivity contribution < 1.29 is 58.9 Å². The van der Waals surface area contributed by atoms with E-state index in [2.05, 4.69) is 0 Å². The first kappa shape index (κ1) is 31.2. The van der Waals surface area contributed by atoms with E-state index in [-0.39, 0.29) is 81.9 Å². The second-order valence-electron chi connectivity index (χ2n) is 0. The molecule has 0 saturated heterocycles. The molecule has 0 amide bonds. The van der Waals surface area contributed by atoms with Crippen LogP contribution < -0.4 is 0 Å². The summed E-state index contributed by atoms with van der Waals surface area (Å²) in [5.74, 6) is 0. The molecule has 0 saturated carbocycles. The van der Waals surface area contributed by atoms with Crippen molar-refractivity contribution in [2.24, 2.45) is 0 Å². The van der Waals surface area contributed by atoms with E-state index in [1.165, 1.54) is 0 Å². The van der Waals surface area contributed by atoms with Gasteiger partial charge in [-0.3, -0.25) is 0 Å². The van der Waals surface area contributed by atoms with Crippen molar-refractivity contribution in [1.82, 2.24) is 0 Å². The molecule has 0 radical (unpaired) electrons. The van der Waals surface area contributed by atoms with Gasteiger partial charge in [0.1, 0.15) is 0 Å². The molecule has 0 aliphatic carbocycles. The summed E-state index contributed by atoms with van der Waals surface area (Å²) in [5.41, 5.74) is 0. The Hall–Kier alpha value is 2.53. The summed E-state index contributed by atoms with van der Waals surface area (Å²) in [6.45, 7) is 0. The average Bonchev–Trinajstić information content (AvgIpc) is 0. The molecule has 0 aromatic heterocycles. The minimum absolute atomic E-state index is 0. The van der Waals surface area contributed by atoms with Crippen molar-refractivity contribution in [2.75, 3.05) is 0 Å². The van der Waals surface area contributed by atoms with Crippen molar-refractivity contribution in [1.29, 1.82) is 0 Å². The molecular weight excluding hydrogens is 211 g/mol. The fourth-order valence-electron chi connectivity index (χ4n) is 0. The molecule has 0 N–H and O–H groups in total. The molecule has 0 bridgehead atoms. The SMILES string of the molecule is [Fe].[H-].[H-].[Mg+2].[Zn].[Zn]. The largest absolute Gasteiger partial charge is 2.00 e. The fourth-order valence-corrected chi connectivity index (χ4v) is 0. The molecular formula is H2FeMgZn2. The number of rotatable bonds is 0. The molecule has 0 aliphatic rings. The van der Waals surface area contributed by atoms with Gasteiger partial charge in [-0.1, -0.05) is 0 Å². The summed E-state index contributed by atoms with van der Waals surface area (Å²) in [6.07, 6.45) is 0. The average molecular weight is 213 g/mol. The molecule has 4 heteroatoms. The Morgan fingerprint density at radius 3 is 1.00 bits per heavy atom. The molecule has 0 unspecified atom stereocenters. The Bertz CT molecular complexity index is 11.5. The molecule has 0 spiro atoms. The number of hydrogen-bond donors (Lipinski definition) is 0. The summed E-state index contributed by atoms with van der Waals surface area (Å²) in [6, 6.07) is 0. The van der Waals surface area contributed by atoms with Gasteiger partial charge in [0.15, 0.2) is 0 Å². The number of hydrogen-bond acceptors (Lipinski definition) is 0. The van der Waals surface area contributed by atoms with E-state index in [1.807, 2.05) is 0 Å². The van der Waals surface area contributed by atoms with Gasteiger partial charge < -0.3 is 2.85 Å². The fraction of sp³-hybridized carbons (Fsp3) is 0. The zero-order valence-electron chi connectivity index (χ0n) is 4.47. The van der Waals surface area contributed by atoms with Crippen LogP contribution in [0.3, 0.4) is 0 Å². The molecule has 0 rings (SSSR count). The molecule has 0 aliphatic heterocycles. The van der Waals surface area contributed by atoms with Gasteiger partial charge in [-0.15, -0.1) is 0 Å². The molecule has 0 fully saturated rings. The van der Waals surface area contributed by atoms with E-state index in [0.29, 0.717) is 0 Å². The van der Waals surface area contributed by atoms with Crippen molar-refractivity contribution in [3.8, 4) is 0 Å². The predicted octanol–water partition coefficient (Wildman–Crippen LogP) is -0.163. The molecule has 4 heavy (non-hydrogen) atoms.